The van der Waals surface area contributed by atoms with Gasteiger partial charge in [-0.2, -0.15) is 11.3 Å². The van der Waals surface area contributed by atoms with E-state index in [2.05, 4.69) is 21.7 Å². The second-order valence-corrected chi connectivity index (χ2v) is 5.07. The van der Waals surface area contributed by atoms with Crippen molar-refractivity contribution in [3.8, 4) is 0 Å². The Morgan fingerprint density at radius 3 is 2.80 bits per heavy atom. The molecule has 1 aromatic heterocycles. The molecule has 1 aliphatic rings. The molecule has 0 spiro atoms. The van der Waals surface area contributed by atoms with E-state index in [0.29, 0.717) is 11.7 Å². The van der Waals surface area contributed by atoms with Crippen LogP contribution in [0.5, 0.6) is 0 Å². The molecule has 1 fully saturated rings. The van der Waals surface area contributed by atoms with E-state index in [1.165, 1.54) is 5.56 Å². The summed E-state index contributed by atoms with van der Waals surface area (Å²) in [5.41, 5.74) is 1.40. The standard InChI is InChI=1S/C12H17NOS/c1-10(14)12-2-5-13(6-3-12)8-11-4-7-15-9-11/h4,7,9,12H,2-3,5-6,8H2,1H3. The van der Waals surface area contributed by atoms with E-state index in [9.17, 15) is 4.79 Å². The van der Waals surface area contributed by atoms with Gasteiger partial charge < -0.3 is 0 Å². The summed E-state index contributed by atoms with van der Waals surface area (Å²) in [7, 11) is 0. The fraction of sp³-hybridized carbons (Fsp3) is 0.583. The van der Waals surface area contributed by atoms with Gasteiger partial charge in [0.1, 0.15) is 5.78 Å². The maximum Gasteiger partial charge on any atom is 0.133 e. The van der Waals surface area contributed by atoms with Gasteiger partial charge in [-0.25, -0.2) is 0 Å². The minimum absolute atomic E-state index is 0.323. The summed E-state index contributed by atoms with van der Waals surface area (Å²) in [6, 6.07) is 2.18. The lowest BCUT2D eigenvalue weighted by atomic mass is 9.93. The molecule has 2 heterocycles. The molecule has 3 heteroatoms. The van der Waals surface area contributed by atoms with Crippen molar-refractivity contribution in [1.82, 2.24) is 4.90 Å². The molecule has 82 valence electrons. The molecule has 0 aliphatic carbocycles. The largest absolute Gasteiger partial charge is 0.300 e. The Morgan fingerprint density at radius 1 is 1.53 bits per heavy atom. The first-order chi connectivity index (χ1) is 7.25. The molecule has 0 radical (unpaired) electrons. The summed E-state index contributed by atoms with van der Waals surface area (Å²) < 4.78 is 0. The Hall–Kier alpha value is -0.670. The first kappa shape index (κ1) is 10.8. The van der Waals surface area contributed by atoms with Crippen LogP contribution >= 0.6 is 11.3 Å². The number of thiophene rings is 1. The zero-order valence-corrected chi connectivity index (χ0v) is 9.93. The van der Waals surface area contributed by atoms with Crippen LogP contribution in [0.1, 0.15) is 25.3 Å². The van der Waals surface area contributed by atoms with Gasteiger partial charge in [-0.15, -0.1) is 0 Å². The predicted octanol–water partition coefficient (Wildman–Crippen LogP) is 2.55. The molecular formula is C12H17NOS. The maximum absolute atomic E-state index is 11.2. The predicted molar refractivity (Wildman–Crippen MR) is 63.0 cm³/mol. The van der Waals surface area contributed by atoms with Gasteiger partial charge in [0.15, 0.2) is 0 Å². The van der Waals surface area contributed by atoms with Crippen LogP contribution in [0.4, 0.5) is 0 Å². The lowest BCUT2D eigenvalue weighted by Gasteiger charge is -2.30. The Balaban J connectivity index is 1.81. The van der Waals surface area contributed by atoms with Crippen LogP contribution in [0.3, 0.4) is 0 Å². The van der Waals surface area contributed by atoms with Gasteiger partial charge in [0.2, 0.25) is 0 Å². The van der Waals surface area contributed by atoms with Crippen molar-refractivity contribution in [2.24, 2.45) is 5.92 Å². The topological polar surface area (TPSA) is 20.3 Å². The normalized spacial score (nSPS) is 19.3. The Morgan fingerprint density at radius 2 is 2.27 bits per heavy atom. The van der Waals surface area contributed by atoms with Crippen LogP contribution in [-0.4, -0.2) is 23.8 Å². The summed E-state index contributed by atoms with van der Waals surface area (Å²) >= 11 is 1.75. The SMILES string of the molecule is CC(=O)C1CCN(Cc2ccsc2)CC1. The second kappa shape index (κ2) is 4.90. The van der Waals surface area contributed by atoms with E-state index in [1.807, 2.05) is 0 Å². The van der Waals surface area contributed by atoms with Crippen LogP contribution in [-0.2, 0) is 11.3 Å². The van der Waals surface area contributed by atoms with Gasteiger partial charge in [-0.05, 0) is 55.2 Å². The molecule has 1 saturated heterocycles. The second-order valence-electron chi connectivity index (χ2n) is 4.29. The maximum atomic E-state index is 11.2. The van der Waals surface area contributed by atoms with Crippen molar-refractivity contribution in [3.05, 3.63) is 22.4 Å². The lowest BCUT2D eigenvalue weighted by molar-refractivity contribution is -0.122. The van der Waals surface area contributed by atoms with Gasteiger partial charge in [0, 0.05) is 12.5 Å². The number of ketones is 1. The Bertz CT molecular complexity index is 312. The third-order valence-electron chi connectivity index (χ3n) is 3.15. The van der Waals surface area contributed by atoms with Crippen molar-refractivity contribution in [1.29, 1.82) is 0 Å². The number of carbonyl (C=O) groups excluding carboxylic acids is 1. The van der Waals surface area contributed by atoms with Gasteiger partial charge >= 0.3 is 0 Å². The number of hydrogen-bond acceptors (Lipinski definition) is 3. The van der Waals surface area contributed by atoms with Crippen molar-refractivity contribution in [3.63, 3.8) is 0 Å². The van der Waals surface area contributed by atoms with Gasteiger partial charge in [0.25, 0.3) is 0 Å². The summed E-state index contributed by atoms with van der Waals surface area (Å²) in [5, 5.41) is 4.33. The van der Waals surface area contributed by atoms with Crippen LogP contribution < -0.4 is 0 Å². The molecule has 2 rings (SSSR count). The first-order valence-electron chi connectivity index (χ1n) is 5.49. The van der Waals surface area contributed by atoms with Crippen LogP contribution in [0, 0.1) is 5.92 Å². The highest BCUT2D eigenvalue weighted by molar-refractivity contribution is 7.07. The van der Waals surface area contributed by atoms with E-state index in [0.717, 1.165) is 32.5 Å². The number of hydrogen-bond donors (Lipinski definition) is 0. The number of carbonyl (C=O) groups is 1. The van der Waals surface area contributed by atoms with Gasteiger partial charge in [-0.1, -0.05) is 0 Å². The van der Waals surface area contributed by atoms with Crippen LogP contribution in [0.15, 0.2) is 16.8 Å². The van der Waals surface area contributed by atoms with E-state index in [1.54, 1.807) is 18.3 Å². The van der Waals surface area contributed by atoms with Crippen LogP contribution in [0.25, 0.3) is 0 Å². The van der Waals surface area contributed by atoms with Crippen molar-refractivity contribution < 1.29 is 4.79 Å². The molecule has 0 unspecified atom stereocenters. The number of likely N-dealkylation sites (tertiary alicyclic amines) is 1. The molecular weight excluding hydrogens is 206 g/mol. The quantitative estimate of drug-likeness (QED) is 0.785. The lowest BCUT2D eigenvalue weighted by Crippen LogP contribution is -2.35. The molecule has 1 aliphatic heterocycles. The fourth-order valence-electron chi connectivity index (χ4n) is 2.14. The zero-order chi connectivity index (χ0) is 10.7. The summed E-state index contributed by atoms with van der Waals surface area (Å²) in [5.74, 6) is 0.689. The van der Waals surface area contributed by atoms with Gasteiger partial charge in [-0.3, -0.25) is 9.69 Å². The van der Waals surface area contributed by atoms with E-state index in [-0.39, 0.29) is 0 Å². The molecule has 0 N–H and O–H groups in total. The highest BCUT2D eigenvalue weighted by Crippen LogP contribution is 2.20. The monoisotopic (exact) mass is 223 g/mol. The molecule has 0 atom stereocenters. The summed E-state index contributed by atoms with van der Waals surface area (Å²) in [6.45, 7) is 4.91. The third-order valence-corrected chi connectivity index (χ3v) is 3.88. The number of piperidine rings is 1. The minimum Gasteiger partial charge on any atom is -0.300 e. The van der Waals surface area contributed by atoms with Crippen molar-refractivity contribution >= 4 is 17.1 Å². The third kappa shape index (κ3) is 2.89. The fourth-order valence-corrected chi connectivity index (χ4v) is 2.80. The van der Waals surface area contributed by atoms with Gasteiger partial charge in [0.05, 0.1) is 0 Å². The molecule has 2 nitrogen and oxygen atoms in total. The first-order valence-corrected chi connectivity index (χ1v) is 6.44. The highest BCUT2D eigenvalue weighted by Gasteiger charge is 2.21. The van der Waals surface area contributed by atoms with E-state index < -0.39 is 0 Å². The Kier molecular flexibility index (Phi) is 3.54. The van der Waals surface area contributed by atoms with E-state index in [4.69, 9.17) is 0 Å². The zero-order valence-electron chi connectivity index (χ0n) is 9.11. The summed E-state index contributed by atoms with van der Waals surface area (Å²) in [6.07, 6.45) is 2.08. The molecule has 15 heavy (non-hydrogen) atoms. The molecule has 0 bridgehead atoms. The smallest absolute Gasteiger partial charge is 0.133 e. The number of Topliss-reactive ketones (excluding diaryl/α,β-unsaturated/α-hetero) is 1. The van der Waals surface area contributed by atoms with Crippen molar-refractivity contribution in [2.45, 2.75) is 26.3 Å². The highest BCUT2D eigenvalue weighted by atomic mass is 32.1. The Labute approximate surface area is 94.9 Å². The molecule has 1 aromatic rings. The van der Waals surface area contributed by atoms with E-state index >= 15 is 0 Å². The average Bonchev–Trinajstić information content (AvgIpc) is 2.71. The number of nitrogens with zero attached hydrogens (tertiary/aromatic N) is 1. The molecule has 0 aromatic carbocycles. The molecule has 0 saturated carbocycles. The minimum atomic E-state index is 0.323. The van der Waals surface area contributed by atoms with Crippen LogP contribution in [0.2, 0.25) is 0 Å². The average molecular weight is 223 g/mol. The molecule has 0 amide bonds. The summed E-state index contributed by atoms with van der Waals surface area (Å²) in [4.78, 5) is 13.7. The van der Waals surface area contributed by atoms with Crippen molar-refractivity contribution in [2.75, 3.05) is 13.1 Å². The number of rotatable bonds is 3.